The minimum Gasteiger partial charge on any atom is -0.124 e. The lowest BCUT2D eigenvalue weighted by Crippen LogP contribution is -2.06. The lowest BCUT2D eigenvalue weighted by Gasteiger charge is -2.14. The summed E-state index contributed by atoms with van der Waals surface area (Å²) in [6.45, 7) is 9.20. The fourth-order valence-corrected chi connectivity index (χ4v) is 1.87. The molecular formula is C10H23B3. The molecule has 0 nitrogen and oxygen atoms in total. The van der Waals surface area contributed by atoms with E-state index in [1.807, 2.05) is 0 Å². The Bertz CT molecular complexity index is 171. The first-order chi connectivity index (χ1) is 5.97. The molecule has 0 unspecified atom stereocenters. The Morgan fingerprint density at radius 3 is 1.85 bits per heavy atom. The predicted octanol–water partition coefficient (Wildman–Crippen LogP) is 0.908. The number of allylic oxidation sites excluding steroid dienone is 2. The van der Waals surface area contributed by atoms with Crippen molar-refractivity contribution < 1.29 is 0 Å². The standard InChI is InChI=1S/C10H23B3/c1-7(2)5-9(11)10(13-12)6-8(3)4/h7-8,13H,5-6,11-12H2,1-4H3/b10-9-. The summed E-state index contributed by atoms with van der Waals surface area (Å²) in [5.74, 6) is 1.60. The monoisotopic (exact) mass is 176 g/mol. The summed E-state index contributed by atoms with van der Waals surface area (Å²) in [6.07, 6.45) is 2.56. The third-order valence-corrected chi connectivity index (χ3v) is 2.40. The summed E-state index contributed by atoms with van der Waals surface area (Å²) in [5, 5.41) is 0. The van der Waals surface area contributed by atoms with Gasteiger partial charge in [0.1, 0.15) is 15.0 Å². The van der Waals surface area contributed by atoms with Gasteiger partial charge in [0.05, 0.1) is 7.74 Å². The molecule has 0 bridgehead atoms. The van der Waals surface area contributed by atoms with Crippen molar-refractivity contribution in [3.05, 3.63) is 10.9 Å². The van der Waals surface area contributed by atoms with Gasteiger partial charge in [0.25, 0.3) is 0 Å². The fraction of sp³-hybridized carbons (Fsp3) is 0.800. The lowest BCUT2D eigenvalue weighted by molar-refractivity contribution is 0.633. The highest BCUT2D eigenvalue weighted by molar-refractivity contribution is 6.94. The van der Waals surface area contributed by atoms with Crippen molar-refractivity contribution in [2.45, 2.75) is 40.5 Å². The van der Waals surface area contributed by atoms with Gasteiger partial charge >= 0.3 is 0 Å². The maximum atomic E-state index is 2.31. The van der Waals surface area contributed by atoms with Gasteiger partial charge in [-0.1, -0.05) is 27.7 Å². The van der Waals surface area contributed by atoms with Gasteiger partial charge in [-0.05, 0) is 24.7 Å². The molecule has 0 rings (SSSR count). The highest BCUT2D eigenvalue weighted by Gasteiger charge is 2.05. The van der Waals surface area contributed by atoms with E-state index in [0.717, 1.165) is 11.8 Å². The van der Waals surface area contributed by atoms with Crippen LogP contribution in [0.15, 0.2) is 10.9 Å². The summed E-state index contributed by atoms with van der Waals surface area (Å²) >= 11 is 0. The summed E-state index contributed by atoms with van der Waals surface area (Å²) < 4.78 is 0. The zero-order chi connectivity index (χ0) is 10.4. The summed E-state index contributed by atoms with van der Waals surface area (Å²) in [7, 11) is 5.82. The molecule has 0 amide bonds. The van der Waals surface area contributed by atoms with Crippen molar-refractivity contribution in [3.63, 3.8) is 0 Å². The van der Waals surface area contributed by atoms with Crippen LogP contribution in [0, 0.1) is 11.8 Å². The van der Waals surface area contributed by atoms with Crippen molar-refractivity contribution in [2.75, 3.05) is 0 Å². The van der Waals surface area contributed by atoms with Crippen LogP contribution in [0.3, 0.4) is 0 Å². The van der Waals surface area contributed by atoms with Gasteiger partial charge in [-0.3, -0.25) is 0 Å². The van der Waals surface area contributed by atoms with Crippen molar-refractivity contribution in [1.82, 2.24) is 0 Å². The molecule has 0 spiro atoms. The molecular weight excluding hydrogens is 153 g/mol. The van der Waals surface area contributed by atoms with Crippen LogP contribution in [-0.4, -0.2) is 22.8 Å². The molecule has 0 heterocycles. The lowest BCUT2D eigenvalue weighted by atomic mass is 9.47. The number of hydrogen-bond donors (Lipinski definition) is 0. The van der Waals surface area contributed by atoms with Gasteiger partial charge in [-0.25, -0.2) is 0 Å². The van der Waals surface area contributed by atoms with E-state index in [2.05, 4.69) is 43.3 Å². The Labute approximate surface area is 86.6 Å². The molecule has 0 aliphatic heterocycles. The van der Waals surface area contributed by atoms with Gasteiger partial charge < -0.3 is 0 Å². The largest absolute Gasteiger partial charge is 0.132 e. The first-order valence-electron chi connectivity index (χ1n) is 5.64. The Morgan fingerprint density at radius 1 is 1.08 bits per heavy atom. The molecule has 0 radical (unpaired) electrons. The molecule has 0 saturated heterocycles. The second-order valence-corrected chi connectivity index (χ2v) is 4.93. The van der Waals surface area contributed by atoms with Crippen LogP contribution in [0.25, 0.3) is 0 Å². The second kappa shape index (κ2) is 6.40. The molecule has 0 aromatic rings. The molecule has 0 aromatic carbocycles. The minimum absolute atomic E-state index is 0.800. The van der Waals surface area contributed by atoms with E-state index < -0.39 is 0 Å². The van der Waals surface area contributed by atoms with Crippen LogP contribution in [0.2, 0.25) is 0 Å². The van der Waals surface area contributed by atoms with Crippen LogP contribution in [-0.2, 0) is 0 Å². The topological polar surface area (TPSA) is 0 Å². The van der Waals surface area contributed by atoms with Crippen molar-refractivity contribution in [3.8, 4) is 0 Å². The van der Waals surface area contributed by atoms with E-state index in [4.69, 9.17) is 0 Å². The highest BCUT2D eigenvalue weighted by atomic mass is 14.0. The molecule has 0 aromatic heterocycles. The Morgan fingerprint density at radius 2 is 1.54 bits per heavy atom. The van der Waals surface area contributed by atoms with Crippen LogP contribution in [0.1, 0.15) is 40.5 Å². The normalized spacial score (nSPS) is 13.4. The van der Waals surface area contributed by atoms with Crippen LogP contribution in [0.5, 0.6) is 0 Å². The maximum absolute atomic E-state index is 2.31. The second-order valence-electron chi connectivity index (χ2n) is 4.93. The molecule has 0 N–H and O–H groups in total. The van der Waals surface area contributed by atoms with E-state index in [-0.39, 0.29) is 0 Å². The molecule has 72 valence electrons. The van der Waals surface area contributed by atoms with Gasteiger partial charge in [-0.2, -0.15) is 0 Å². The minimum atomic E-state index is 0.800. The molecule has 0 fully saturated rings. The van der Waals surface area contributed by atoms with E-state index in [0.29, 0.717) is 0 Å². The molecule has 0 aliphatic carbocycles. The van der Waals surface area contributed by atoms with Crippen molar-refractivity contribution >= 4 is 22.8 Å². The Kier molecular flexibility index (Phi) is 6.37. The first kappa shape index (κ1) is 12.9. The Balaban J connectivity index is 4.30. The smallest absolute Gasteiger partial charge is 0.124 e. The van der Waals surface area contributed by atoms with Gasteiger partial charge in [0.15, 0.2) is 0 Å². The fourth-order valence-electron chi connectivity index (χ4n) is 1.87. The molecule has 0 atom stereocenters. The predicted molar refractivity (Wildman–Crippen MR) is 70.2 cm³/mol. The molecule has 0 aliphatic rings. The molecule has 3 heteroatoms. The Hall–Kier alpha value is -0.0652. The van der Waals surface area contributed by atoms with Gasteiger partial charge in [0.2, 0.25) is 0 Å². The quantitative estimate of drug-likeness (QED) is 0.545. The number of hydrogen-bond acceptors (Lipinski definition) is 0. The van der Waals surface area contributed by atoms with E-state index >= 15 is 0 Å². The van der Waals surface area contributed by atoms with Crippen LogP contribution in [0.4, 0.5) is 0 Å². The zero-order valence-electron chi connectivity index (χ0n) is 10.3. The third kappa shape index (κ3) is 6.07. The highest BCUT2D eigenvalue weighted by Crippen LogP contribution is 2.17. The summed E-state index contributed by atoms with van der Waals surface area (Å²) in [4.78, 5) is 0. The van der Waals surface area contributed by atoms with E-state index in [9.17, 15) is 0 Å². The van der Waals surface area contributed by atoms with Crippen molar-refractivity contribution in [1.29, 1.82) is 0 Å². The van der Waals surface area contributed by atoms with E-state index in [1.54, 1.807) is 10.9 Å². The average Bonchev–Trinajstić information content (AvgIpc) is 1.98. The molecule has 0 saturated carbocycles. The molecule has 13 heavy (non-hydrogen) atoms. The zero-order valence-corrected chi connectivity index (χ0v) is 10.3. The summed E-state index contributed by atoms with van der Waals surface area (Å²) in [6, 6.07) is 0. The maximum Gasteiger partial charge on any atom is 0.132 e. The van der Waals surface area contributed by atoms with Gasteiger partial charge in [0, 0.05) is 0 Å². The third-order valence-electron chi connectivity index (χ3n) is 2.40. The first-order valence-corrected chi connectivity index (χ1v) is 5.64. The average molecular weight is 176 g/mol. The van der Waals surface area contributed by atoms with Crippen LogP contribution >= 0.6 is 0 Å². The van der Waals surface area contributed by atoms with Crippen molar-refractivity contribution in [2.24, 2.45) is 11.8 Å². The summed E-state index contributed by atoms with van der Waals surface area (Å²) in [5.41, 5.74) is 3.31. The van der Waals surface area contributed by atoms with Crippen LogP contribution < -0.4 is 0 Å². The van der Waals surface area contributed by atoms with E-state index in [1.165, 1.54) is 20.0 Å². The SMILES string of the molecule is BB/C(CC(C)C)=C(\B)CC(C)C. The number of rotatable bonds is 5. The van der Waals surface area contributed by atoms with Gasteiger partial charge in [-0.15, -0.1) is 10.9 Å².